The Morgan fingerprint density at radius 3 is 2.78 bits per heavy atom. The molecule has 0 saturated heterocycles. The molecule has 0 radical (unpaired) electrons. The minimum absolute atomic E-state index is 0.0465. The van der Waals surface area contributed by atoms with E-state index in [9.17, 15) is 4.79 Å². The van der Waals surface area contributed by atoms with Crippen LogP contribution in [-0.4, -0.2) is 44.6 Å². The molecule has 6 nitrogen and oxygen atoms in total. The largest absolute Gasteiger partial charge is 0.333 e. The molecule has 1 aromatic heterocycles. The Morgan fingerprint density at radius 2 is 2.22 bits per heavy atom. The van der Waals surface area contributed by atoms with E-state index in [2.05, 4.69) is 22.1 Å². The highest BCUT2D eigenvalue weighted by Crippen LogP contribution is 2.23. The third-order valence-corrected chi connectivity index (χ3v) is 3.53. The lowest BCUT2D eigenvalue weighted by Crippen LogP contribution is -2.45. The van der Waals surface area contributed by atoms with E-state index >= 15 is 0 Å². The van der Waals surface area contributed by atoms with Crippen LogP contribution in [0.5, 0.6) is 0 Å². The monoisotopic (exact) mass is 251 g/mol. The number of aromatic amines is 1. The highest BCUT2D eigenvalue weighted by atomic mass is 16.2. The minimum Gasteiger partial charge on any atom is -0.333 e. The summed E-state index contributed by atoms with van der Waals surface area (Å²) >= 11 is 0. The fourth-order valence-corrected chi connectivity index (χ4v) is 2.55. The summed E-state index contributed by atoms with van der Waals surface area (Å²) in [6.07, 6.45) is 6.28. The van der Waals surface area contributed by atoms with Gasteiger partial charge in [0.1, 0.15) is 6.33 Å². The SMILES string of the molecule is CCCN(C(=O)c1ncn[nH]1)C1CCC(N)CC1. The lowest BCUT2D eigenvalue weighted by molar-refractivity contribution is 0.0614. The van der Waals surface area contributed by atoms with Crippen LogP contribution in [0, 0.1) is 0 Å². The van der Waals surface area contributed by atoms with Gasteiger partial charge in [-0.05, 0) is 32.1 Å². The van der Waals surface area contributed by atoms with Crippen LogP contribution in [0.25, 0.3) is 0 Å². The van der Waals surface area contributed by atoms with Gasteiger partial charge in [0, 0.05) is 18.6 Å². The summed E-state index contributed by atoms with van der Waals surface area (Å²) in [6.45, 7) is 2.84. The first-order valence-electron chi connectivity index (χ1n) is 6.64. The molecule has 1 amide bonds. The van der Waals surface area contributed by atoms with Crippen LogP contribution >= 0.6 is 0 Å². The molecule has 18 heavy (non-hydrogen) atoms. The average molecular weight is 251 g/mol. The molecule has 1 aliphatic rings. The zero-order valence-corrected chi connectivity index (χ0v) is 10.8. The van der Waals surface area contributed by atoms with Gasteiger partial charge >= 0.3 is 0 Å². The second-order valence-corrected chi connectivity index (χ2v) is 4.90. The lowest BCUT2D eigenvalue weighted by atomic mass is 9.90. The van der Waals surface area contributed by atoms with Gasteiger partial charge in [0.05, 0.1) is 0 Å². The van der Waals surface area contributed by atoms with Gasteiger partial charge in [-0.15, -0.1) is 0 Å². The zero-order chi connectivity index (χ0) is 13.0. The molecular weight excluding hydrogens is 230 g/mol. The summed E-state index contributed by atoms with van der Waals surface area (Å²) in [5, 5.41) is 6.39. The molecule has 1 aromatic rings. The highest BCUT2D eigenvalue weighted by Gasteiger charge is 2.28. The van der Waals surface area contributed by atoms with E-state index in [1.165, 1.54) is 6.33 Å². The van der Waals surface area contributed by atoms with E-state index in [1.807, 2.05) is 4.90 Å². The van der Waals surface area contributed by atoms with Gasteiger partial charge in [-0.2, -0.15) is 5.10 Å². The molecule has 0 aromatic carbocycles. The summed E-state index contributed by atoms with van der Waals surface area (Å²) in [5.41, 5.74) is 5.91. The van der Waals surface area contributed by atoms with Gasteiger partial charge in [-0.1, -0.05) is 6.92 Å². The molecule has 1 heterocycles. The number of hydrogen-bond acceptors (Lipinski definition) is 4. The number of H-pyrrole nitrogens is 1. The number of rotatable bonds is 4. The minimum atomic E-state index is -0.0465. The summed E-state index contributed by atoms with van der Waals surface area (Å²) in [5.74, 6) is 0.285. The van der Waals surface area contributed by atoms with Crippen LogP contribution in [-0.2, 0) is 0 Å². The van der Waals surface area contributed by atoms with Crippen molar-refractivity contribution in [3.05, 3.63) is 12.2 Å². The molecule has 3 N–H and O–H groups in total. The Labute approximate surface area is 107 Å². The number of hydrogen-bond donors (Lipinski definition) is 2. The van der Waals surface area contributed by atoms with Crippen LogP contribution in [0.2, 0.25) is 0 Å². The van der Waals surface area contributed by atoms with Crippen molar-refractivity contribution < 1.29 is 4.79 Å². The van der Waals surface area contributed by atoms with Gasteiger partial charge in [0.2, 0.25) is 5.82 Å². The van der Waals surface area contributed by atoms with Crippen molar-refractivity contribution in [2.24, 2.45) is 5.73 Å². The van der Waals surface area contributed by atoms with Crippen LogP contribution in [0.15, 0.2) is 6.33 Å². The second kappa shape index (κ2) is 5.95. The Morgan fingerprint density at radius 1 is 1.50 bits per heavy atom. The van der Waals surface area contributed by atoms with Crippen LogP contribution in [0.3, 0.4) is 0 Å². The van der Waals surface area contributed by atoms with E-state index in [4.69, 9.17) is 5.73 Å². The number of carbonyl (C=O) groups excluding carboxylic acids is 1. The molecule has 2 rings (SSSR count). The van der Waals surface area contributed by atoms with Crippen LogP contribution in [0.1, 0.15) is 49.6 Å². The quantitative estimate of drug-likeness (QED) is 0.833. The van der Waals surface area contributed by atoms with E-state index in [0.29, 0.717) is 17.9 Å². The Kier molecular flexibility index (Phi) is 4.30. The van der Waals surface area contributed by atoms with Crippen molar-refractivity contribution in [2.45, 2.75) is 51.1 Å². The maximum atomic E-state index is 12.3. The Balaban J connectivity index is 2.05. The van der Waals surface area contributed by atoms with Crippen molar-refractivity contribution >= 4 is 5.91 Å². The van der Waals surface area contributed by atoms with E-state index in [1.54, 1.807) is 0 Å². The van der Waals surface area contributed by atoms with Crippen molar-refractivity contribution in [3.8, 4) is 0 Å². The van der Waals surface area contributed by atoms with Gasteiger partial charge < -0.3 is 10.6 Å². The first-order chi connectivity index (χ1) is 8.72. The number of aromatic nitrogens is 3. The molecule has 1 saturated carbocycles. The van der Waals surface area contributed by atoms with Gasteiger partial charge in [0.25, 0.3) is 5.91 Å². The van der Waals surface area contributed by atoms with Gasteiger partial charge in [-0.25, -0.2) is 4.98 Å². The fraction of sp³-hybridized carbons (Fsp3) is 0.750. The highest BCUT2D eigenvalue weighted by molar-refractivity contribution is 5.90. The summed E-state index contributed by atoms with van der Waals surface area (Å²) in [6, 6.07) is 0.590. The van der Waals surface area contributed by atoms with Crippen LogP contribution < -0.4 is 5.73 Å². The Hall–Kier alpha value is -1.43. The molecule has 0 atom stereocenters. The third-order valence-electron chi connectivity index (χ3n) is 3.53. The third kappa shape index (κ3) is 2.87. The number of carbonyl (C=O) groups is 1. The number of nitrogens with two attached hydrogens (primary N) is 1. The summed E-state index contributed by atoms with van der Waals surface area (Å²) in [4.78, 5) is 18.2. The van der Waals surface area contributed by atoms with E-state index in [0.717, 1.165) is 38.6 Å². The predicted molar refractivity (Wildman–Crippen MR) is 67.9 cm³/mol. The average Bonchev–Trinajstić information content (AvgIpc) is 2.90. The molecule has 0 bridgehead atoms. The van der Waals surface area contributed by atoms with Gasteiger partial charge in [-0.3, -0.25) is 9.89 Å². The molecule has 1 aliphatic carbocycles. The second-order valence-electron chi connectivity index (χ2n) is 4.90. The fourth-order valence-electron chi connectivity index (χ4n) is 2.55. The number of nitrogens with one attached hydrogen (secondary N) is 1. The standard InChI is InChI=1S/C12H21N5O/c1-2-7-17(10-5-3-9(13)4-6-10)12(18)11-14-8-15-16-11/h8-10H,2-7,13H2,1H3,(H,14,15,16). The van der Waals surface area contributed by atoms with E-state index < -0.39 is 0 Å². The summed E-state index contributed by atoms with van der Waals surface area (Å²) in [7, 11) is 0. The van der Waals surface area contributed by atoms with Crippen molar-refractivity contribution in [1.82, 2.24) is 20.1 Å². The van der Waals surface area contributed by atoms with E-state index in [-0.39, 0.29) is 5.91 Å². The number of amides is 1. The van der Waals surface area contributed by atoms with Crippen LogP contribution in [0.4, 0.5) is 0 Å². The predicted octanol–water partition coefficient (Wildman–Crippen LogP) is 0.927. The maximum Gasteiger partial charge on any atom is 0.291 e. The maximum absolute atomic E-state index is 12.3. The molecule has 0 aliphatic heterocycles. The van der Waals surface area contributed by atoms with Gasteiger partial charge in [0.15, 0.2) is 0 Å². The Bertz CT molecular complexity index is 370. The molecule has 6 heteroatoms. The molecule has 1 fully saturated rings. The molecule has 0 unspecified atom stereocenters. The molecular formula is C12H21N5O. The topological polar surface area (TPSA) is 87.9 Å². The summed E-state index contributed by atoms with van der Waals surface area (Å²) < 4.78 is 0. The molecule has 0 spiro atoms. The molecule has 100 valence electrons. The van der Waals surface area contributed by atoms with Crippen molar-refractivity contribution in [2.75, 3.05) is 6.54 Å². The smallest absolute Gasteiger partial charge is 0.291 e. The van der Waals surface area contributed by atoms with Crippen molar-refractivity contribution in [3.63, 3.8) is 0 Å². The van der Waals surface area contributed by atoms with Crippen molar-refractivity contribution in [1.29, 1.82) is 0 Å². The first-order valence-corrected chi connectivity index (χ1v) is 6.64. The normalized spacial score (nSPS) is 23.9. The first kappa shape index (κ1) is 13.0. The lowest BCUT2D eigenvalue weighted by Gasteiger charge is -2.35. The zero-order valence-electron chi connectivity index (χ0n) is 10.8. The number of nitrogens with zero attached hydrogens (tertiary/aromatic N) is 3.